The number of hydrogen-bond donors (Lipinski definition) is 1. The maximum atomic E-state index is 13.4. The van der Waals surface area contributed by atoms with E-state index in [0.29, 0.717) is 26.7 Å². The molecule has 0 aliphatic carbocycles. The number of halogens is 1. The fourth-order valence-electron chi connectivity index (χ4n) is 3.24. The molecule has 1 N–H and O–H groups in total. The van der Waals surface area contributed by atoms with Gasteiger partial charge in [0.1, 0.15) is 16.5 Å². The molecule has 0 saturated carbocycles. The molecule has 0 atom stereocenters. The third kappa shape index (κ3) is 4.94. The Kier molecular flexibility index (Phi) is 6.93. The Morgan fingerprint density at radius 3 is 2.35 bits per heavy atom. The number of nitriles is 1. The molecule has 4 aromatic rings. The molecule has 0 aliphatic rings. The van der Waals surface area contributed by atoms with E-state index in [-0.39, 0.29) is 15.8 Å². The summed E-state index contributed by atoms with van der Waals surface area (Å²) in [6.07, 6.45) is 1.71. The fourth-order valence-corrected chi connectivity index (χ4v) is 4.46. The van der Waals surface area contributed by atoms with Crippen molar-refractivity contribution in [1.29, 1.82) is 5.26 Å². The van der Waals surface area contributed by atoms with Gasteiger partial charge in [0.2, 0.25) is 0 Å². The molecule has 4 rings (SSSR count). The van der Waals surface area contributed by atoms with Crippen molar-refractivity contribution in [2.45, 2.75) is 0 Å². The highest BCUT2D eigenvalue weighted by atomic mass is 35.5. The first-order valence-electron chi connectivity index (χ1n) is 10.1. The molecule has 0 fully saturated rings. The zero-order chi connectivity index (χ0) is 24.1. The van der Waals surface area contributed by atoms with Gasteiger partial charge in [0.05, 0.1) is 17.3 Å². The van der Waals surface area contributed by atoms with Crippen molar-refractivity contribution >= 4 is 46.2 Å². The van der Waals surface area contributed by atoms with Crippen LogP contribution in [-0.2, 0) is 4.79 Å². The number of carbonyl (C=O) groups is 1. The summed E-state index contributed by atoms with van der Waals surface area (Å²) < 4.78 is 7.14. The van der Waals surface area contributed by atoms with Gasteiger partial charge in [0.15, 0.2) is 5.57 Å². The Labute approximate surface area is 204 Å². The number of para-hydroxylation sites is 1. The largest absolute Gasteiger partial charge is 0.497 e. The quantitative estimate of drug-likeness (QED) is 0.465. The molecular formula is C26H18ClN3O3S. The average Bonchev–Trinajstić information content (AvgIpc) is 3.17. The Hall–Kier alpha value is -4.12. The zero-order valence-electron chi connectivity index (χ0n) is 18.0. The number of aromatic nitrogens is 1. The summed E-state index contributed by atoms with van der Waals surface area (Å²) >= 11 is 7.05. The summed E-state index contributed by atoms with van der Waals surface area (Å²) in [5.74, 6) is 0.0256. The van der Waals surface area contributed by atoms with Crippen molar-refractivity contribution in [3.63, 3.8) is 0 Å². The number of nitrogens with zero attached hydrogens (tertiary/aromatic N) is 2. The third-order valence-corrected chi connectivity index (χ3v) is 6.25. The Morgan fingerprint density at radius 2 is 1.74 bits per heavy atom. The number of thiazole rings is 1. The lowest BCUT2D eigenvalue weighted by atomic mass is 10.2. The molecule has 6 nitrogen and oxygen atoms in total. The second-order valence-corrected chi connectivity index (χ2v) is 8.58. The van der Waals surface area contributed by atoms with Crippen molar-refractivity contribution in [3.05, 3.63) is 109 Å². The van der Waals surface area contributed by atoms with Crippen molar-refractivity contribution < 1.29 is 9.53 Å². The molecule has 0 unspecified atom stereocenters. The first-order valence-corrected chi connectivity index (χ1v) is 11.3. The number of methoxy groups -OCH3 is 1. The van der Waals surface area contributed by atoms with Crippen LogP contribution in [0.4, 0.5) is 5.69 Å². The average molecular weight is 488 g/mol. The number of amides is 1. The van der Waals surface area contributed by atoms with Crippen LogP contribution in [0.3, 0.4) is 0 Å². The van der Waals surface area contributed by atoms with E-state index in [9.17, 15) is 14.9 Å². The van der Waals surface area contributed by atoms with E-state index in [2.05, 4.69) is 5.32 Å². The van der Waals surface area contributed by atoms with Gasteiger partial charge in [-0.2, -0.15) is 5.26 Å². The summed E-state index contributed by atoms with van der Waals surface area (Å²) in [5.41, 5.74) is 1.33. The summed E-state index contributed by atoms with van der Waals surface area (Å²) in [5, 5.41) is 13.2. The Bertz CT molecular complexity index is 1550. The summed E-state index contributed by atoms with van der Waals surface area (Å²) in [6.45, 7) is 0. The number of ether oxygens (including phenoxy) is 1. The molecule has 0 spiro atoms. The highest BCUT2D eigenvalue weighted by molar-refractivity contribution is 7.07. The predicted octanol–water partition coefficient (Wildman–Crippen LogP) is 3.70. The van der Waals surface area contributed by atoms with Gasteiger partial charge in [-0.1, -0.05) is 41.9 Å². The lowest BCUT2D eigenvalue weighted by molar-refractivity contribution is -0.111. The molecule has 8 heteroatoms. The van der Waals surface area contributed by atoms with E-state index in [4.69, 9.17) is 16.3 Å². The van der Waals surface area contributed by atoms with Crippen LogP contribution in [0.1, 0.15) is 5.56 Å². The van der Waals surface area contributed by atoms with E-state index < -0.39 is 5.91 Å². The van der Waals surface area contributed by atoms with Crippen LogP contribution in [0, 0.1) is 11.3 Å². The van der Waals surface area contributed by atoms with E-state index in [0.717, 1.165) is 16.9 Å². The van der Waals surface area contributed by atoms with E-state index in [1.807, 2.05) is 12.1 Å². The second kappa shape index (κ2) is 10.2. The molecule has 168 valence electrons. The zero-order valence-corrected chi connectivity index (χ0v) is 19.6. The first-order chi connectivity index (χ1) is 16.5. The molecule has 34 heavy (non-hydrogen) atoms. The lowest BCUT2D eigenvalue weighted by Crippen LogP contribution is -2.32. The number of hydrogen-bond acceptors (Lipinski definition) is 5. The molecule has 0 bridgehead atoms. The lowest BCUT2D eigenvalue weighted by Gasteiger charge is -2.06. The molecule has 1 amide bonds. The van der Waals surface area contributed by atoms with Crippen LogP contribution >= 0.6 is 22.9 Å². The minimum absolute atomic E-state index is 0.169. The molecule has 1 heterocycles. The smallest absolute Gasteiger partial charge is 0.273 e. The van der Waals surface area contributed by atoms with Crippen molar-refractivity contribution in [1.82, 2.24) is 4.57 Å². The Balaban J connectivity index is 1.90. The highest BCUT2D eigenvalue weighted by Crippen LogP contribution is 2.16. The van der Waals surface area contributed by atoms with Crippen LogP contribution < -0.4 is 24.8 Å². The number of benzene rings is 3. The van der Waals surface area contributed by atoms with E-state index in [1.165, 1.54) is 4.57 Å². The summed E-state index contributed by atoms with van der Waals surface area (Å²) in [6, 6.07) is 24.7. The van der Waals surface area contributed by atoms with Gasteiger partial charge < -0.3 is 10.1 Å². The standard InChI is InChI=1S/C26H18ClN3O3S/c1-33-21-13-11-19(12-14-21)29-24(31)22(16-28)26-30(20-5-3-2-4-6-20)25(32)23(34-26)15-17-7-9-18(27)10-8-17/h2-15H,1H3,(H,29,31)/b23-15+,26-22-. The minimum Gasteiger partial charge on any atom is -0.497 e. The molecule has 0 aliphatic heterocycles. The molecule has 0 radical (unpaired) electrons. The monoisotopic (exact) mass is 487 g/mol. The molecule has 0 saturated heterocycles. The van der Waals surface area contributed by atoms with Gasteiger partial charge in [-0.05, 0) is 60.2 Å². The van der Waals surface area contributed by atoms with Crippen molar-refractivity contribution in [2.75, 3.05) is 12.4 Å². The second-order valence-electron chi connectivity index (χ2n) is 7.11. The van der Waals surface area contributed by atoms with Crippen LogP contribution in [0.15, 0.2) is 83.7 Å². The number of rotatable bonds is 5. The predicted molar refractivity (Wildman–Crippen MR) is 135 cm³/mol. The first kappa shape index (κ1) is 23.1. The summed E-state index contributed by atoms with van der Waals surface area (Å²) in [7, 11) is 1.55. The normalized spacial score (nSPS) is 12.1. The van der Waals surface area contributed by atoms with Gasteiger partial charge in [-0.15, -0.1) is 11.3 Å². The number of nitrogens with one attached hydrogen (secondary N) is 1. The minimum atomic E-state index is -0.614. The van der Waals surface area contributed by atoms with Gasteiger partial charge in [0.25, 0.3) is 11.5 Å². The van der Waals surface area contributed by atoms with E-state index in [1.54, 1.807) is 86.0 Å². The number of anilines is 1. The van der Waals surface area contributed by atoms with Crippen molar-refractivity contribution in [3.8, 4) is 17.5 Å². The number of carbonyl (C=O) groups excluding carboxylic acids is 1. The highest BCUT2D eigenvalue weighted by Gasteiger charge is 2.17. The van der Waals surface area contributed by atoms with Crippen LogP contribution in [0.2, 0.25) is 5.02 Å². The van der Waals surface area contributed by atoms with Gasteiger partial charge >= 0.3 is 0 Å². The molecule has 3 aromatic carbocycles. The SMILES string of the molecule is COc1ccc(NC(=O)/C(C#N)=c2\s/c(=C/c3ccc(Cl)cc3)c(=O)n2-c2ccccc2)cc1. The van der Waals surface area contributed by atoms with Gasteiger partial charge in [-0.3, -0.25) is 14.2 Å². The van der Waals surface area contributed by atoms with Crippen LogP contribution in [0.25, 0.3) is 17.3 Å². The third-order valence-electron chi connectivity index (χ3n) is 4.91. The van der Waals surface area contributed by atoms with Crippen LogP contribution in [-0.4, -0.2) is 17.6 Å². The van der Waals surface area contributed by atoms with Gasteiger partial charge in [-0.25, -0.2) is 0 Å². The Morgan fingerprint density at radius 1 is 1.06 bits per heavy atom. The summed E-state index contributed by atoms with van der Waals surface area (Å²) in [4.78, 5) is 26.4. The maximum absolute atomic E-state index is 13.4. The topological polar surface area (TPSA) is 84.1 Å². The van der Waals surface area contributed by atoms with Crippen molar-refractivity contribution in [2.24, 2.45) is 0 Å². The maximum Gasteiger partial charge on any atom is 0.273 e. The van der Waals surface area contributed by atoms with E-state index >= 15 is 0 Å². The fraction of sp³-hybridized carbons (Fsp3) is 0.0385. The van der Waals surface area contributed by atoms with Crippen LogP contribution in [0.5, 0.6) is 5.75 Å². The molecule has 1 aromatic heterocycles. The molecular weight excluding hydrogens is 470 g/mol. The van der Waals surface area contributed by atoms with Gasteiger partial charge in [0, 0.05) is 10.7 Å².